The van der Waals surface area contributed by atoms with Crippen molar-refractivity contribution in [3.05, 3.63) is 0 Å². The maximum Gasteiger partial charge on any atom is 0.322 e. The van der Waals surface area contributed by atoms with E-state index in [0.717, 1.165) is 13.1 Å². The topological polar surface area (TPSA) is 64.6 Å². The van der Waals surface area contributed by atoms with Crippen molar-refractivity contribution in [1.29, 1.82) is 0 Å². The fourth-order valence-electron chi connectivity index (χ4n) is 0.862. The van der Waals surface area contributed by atoms with Crippen molar-refractivity contribution < 1.29 is 9.90 Å². The Morgan fingerprint density at radius 1 is 1.31 bits per heavy atom. The molecule has 0 radical (unpaired) electrons. The predicted octanol–water partition coefficient (Wildman–Crippen LogP) is 0.0756. The molecule has 16 heavy (non-hydrogen) atoms. The lowest BCUT2D eigenvalue weighted by atomic mass is 10.3. The van der Waals surface area contributed by atoms with E-state index in [1.54, 1.807) is 7.05 Å². The molecule has 0 fully saturated rings. The SMILES string of the molecule is CNC(CNCCN(C)C)C(=O)O.Cl.Cl.Cl. The van der Waals surface area contributed by atoms with E-state index >= 15 is 0 Å². The van der Waals surface area contributed by atoms with Crippen molar-refractivity contribution in [2.75, 3.05) is 40.8 Å². The molecule has 8 heteroatoms. The van der Waals surface area contributed by atoms with Crippen LogP contribution >= 0.6 is 37.2 Å². The fourth-order valence-corrected chi connectivity index (χ4v) is 0.862. The minimum atomic E-state index is -0.820. The first-order chi connectivity index (χ1) is 6.07. The summed E-state index contributed by atoms with van der Waals surface area (Å²) in [5, 5.41) is 14.4. The first-order valence-electron chi connectivity index (χ1n) is 4.33. The Bertz CT molecular complexity index is 161. The number of likely N-dealkylation sites (N-methyl/N-ethyl adjacent to an activating group) is 2. The normalized spacial score (nSPS) is 10.8. The maximum absolute atomic E-state index is 10.5. The van der Waals surface area contributed by atoms with Crippen molar-refractivity contribution in [3.63, 3.8) is 0 Å². The zero-order chi connectivity index (χ0) is 10.3. The van der Waals surface area contributed by atoms with E-state index in [4.69, 9.17) is 5.11 Å². The van der Waals surface area contributed by atoms with Gasteiger partial charge in [-0.1, -0.05) is 0 Å². The Kier molecular flexibility index (Phi) is 23.9. The highest BCUT2D eigenvalue weighted by atomic mass is 35.5. The number of hydrogen-bond acceptors (Lipinski definition) is 4. The van der Waals surface area contributed by atoms with Crippen molar-refractivity contribution in [2.45, 2.75) is 6.04 Å². The lowest BCUT2D eigenvalue weighted by Gasteiger charge is -2.14. The number of carbonyl (C=O) groups is 1. The molecule has 1 unspecified atom stereocenters. The highest BCUT2D eigenvalue weighted by molar-refractivity contribution is 5.86. The summed E-state index contributed by atoms with van der Waals surface area (Å²) >= 11 is 0. The highest BCUT2D eigenvalue weighted by Crippen LogP contribution is 1.80. The van der Waals surface area contributed by atoms with Gasteiger partial charge < -0.3 is 20.6 Å². The molecule has 0 aliphatic rings. The van der Waals surface area contributed by atoms with Gasteiger partial charge in [0.05, 0.1) is 0 Å². The fraction of sp³-hybridized carbons (Fsp3) is 0.875. The van der Waals surface area contributed by atoms with Crippen LogP contribution in [0.1, 0.15) is 0 Å². The maximum atomic E-state index is 10.5. The number of aliphatic carboxylic acids is 1. The molecule has 0 rings (SSSR count). The molecule has 0 aliphatic heterocycles. The number of halogens is 3. The highest BCUT2D eigenvalue weighted by Gasteiger charge is 2.12. The molecule has 0 heterocycles. The van der Waals surface area contributed by atoms with Crippen LogP contribution in [0, 0.1) is 0 Å². The van der Waals surface area contributed by atoms with E-state index in [1.807, 2.05) is 19.0 Å². The van der Waals surface area contributed by atoms with Crippen LogP contribution in [-0.4, -0.2) is 62.8 Å². The molecule has 3 N–H and O–H groups in total. The first-order valence-corrected chi connectivity index (χ1v) is 4.33. The molecular formula is C8H22Cl3N3O2. The molecule has 0 saturated carbocycles. The predicted molar refractivity (Wildman–Crippen MR) is 73.7 cm³/mol. The van der Waals surface area contributed by atoms with Crippen molar-refractivity contribution in [1.82, 2.24) is 15.5 Å². The van der Waals surface area contributed by atoms with Crippen LogP contribution in [0.2, 0.25) is 0 Å². The Balaban J connectivity index is -0.000000240. The zero-order valence-electron chi connectivity index (χ0n) is 9.73. The zero-order valence-corrected chi connectivity index (χ0v) is 12.2. The molecule has 0 aromatic heterocycles. The lowest BCUT2D eigenvalue weighted by Crippen LogP contribution is -2.43. The van der Waals surface area contributed by atoms with Crippen LogP contribution in [0.3, 0.4) is 0 Å². The van der Waals surface area contributed by atoms with Crippen LogP contribution in [0.25, 0.3) is 0 Å². The molecule has 0 spiro atoms. The molecular weight excluding hydrogens is 276 g/mol. The van der Waals surface area contributed by atoms with Gasteiger partial charge in [-0.2, -0.15) is 0 Å². The van der Waals surface area contributed by atoms with E-state index in [9.17, 15) is 4.79 Å². The Hall–Kier alpha value is 0.220. The molecule has 5 nitrogen and oxygen atoms in total. The summed E-state index contributed by atoms with van der Waals surface area (Å²) in [4.78, 5) is 12.6. The molecule has 0 aromatic carbocycles. The summed E-state index contributed by atoms with van der Waals surface area (Å²) in [5.74, 6) is -0.820. The van der Waals surface area contributed by atoms with Gasteiger partial charge in [-0.05, 0) is 21.1 Å². The van der Waals surface area contributed by atoms with E-state index in [0.29, 0.717) is 6.54 Å². The molecule has 0 amide bonds. The number of carboxylic acids is 1. The number of nitrogens with zero attached hydrogens (tertiary/aromatic N) is 1. The lowest BCUT2D eigenvalue weighted by molar-refractivity contribution is -0.139. The van der Waals surface area contributed by atoms with Crippen molar-refractivity contribution in [2.24, 2.45) is 0 Å². The summed E-state index contributed by atoms with van der Waals surface area (Å²) in [6, 6.07) is -0.498. The Labute approximate surface area is 116 Å². The second-order valence-electron chi connectivity index (χ2n) is 3.19. The molecule has 1 atom stereocenters. The van der Waals surface area contributed by atoms with E-state index in [-0.39, 0.29) is 37.2 Å². The molecule has 0 saturated heterocycles. The summed E-state index contributed by atoms with van der Waals surface area (Å²) in [5.41, 5.74) is 0. The standard InChI is InChI=1S/C8H19N3O2.3ClH/c1-9-7(8(12)13)6-10-4-5-11(2)3;;;/h7,9-10H,4-6H2,1-3H3,(H,12,13);3*1H. The van der Waals surface area contributed by atoms with Gasteiger partial charge in [-0.15, -0.1) is 37.2 Å². The number of rotatable bonds is 7. The van der Waals surface area contributed by atoms with E-state index in [2.05, 4.69) is 10.6 Å². The minimum absolute atomic E-state index is 0. The second kappa shape index (κ2) is 15.2. The summed E-state index contributed by atoms with van der Waals surface area (Å²) < 4.78 is 0. The smallest absolute Gasteiger partial charge is 0.322 e. The molecule has 102 valence electrons. The van der Waals surface area contributed by atoms with Crippen LogP contribution in [-0.2, 0) is 4.79 Å². The van der Waals surface area contributed by atoms with E-state index in [1.165, 1.54) is 0 Å². The largest absolute Gasteiger partial charge is 0.480 e. The van der Waals surface area contributed by atoms with E-state index < -0.39 is 12.0 Å². The van der Waals surface area contributed by atoms with Gasteiger partial charge in [-0.3, -0.25) is 4.79 Å². The molecule has 0 aromatic rings. The third-order valence-electron chi connectivity index (χ3n) is 1.73. The quantitative estimate of drug-likeness (QED) is 0.581. The number of carboxylic acid groups (broad SMARTS) is 1. The monoisotopic (exact) mass is 297 g/mol. The van der Waals surface area contributed by atoms with Crippen LogP contribution < -0.4 is 10.6 Å². The minimum Gasteiger partial charge on any atom is -0.480 e. The summed E-state index contributed by atoms with van der Waals surface area (Å²) in [6.07, 6.45) is 0. The molecule has 0 bridgehead atoms. The van der Waals surface area contributed by atoms with Gasteiger partial charge in [-0.25, -0.2) is 0 Å². The van der Waals surface area contributed by atoms with Crippen molar-refractivity contribution in [3.8, 4) is 0 Å². The van der Waals surface area contributed by atoms with Gasteiger partial charge in [0, 0.05) is 19.6 Å². The van der Waals surface area contributed by atoms with Gasteiger partial charge >= 0.3 is 5.97 Å². The molecule has 0 aliphatic carbocycles. The van der Waals surface area contributed by atoms with Gasteiger partial charge in [0.15, 0.2) is 0 Å². The number of hydrogen-bond donors (Lipinski definition) is 3. The average Bonchev–Trinajstić information content (AvgIpc) is 2.03. The van der Waals surface area contributed by atoms with Gasteiger partial charge in [0.25, 0.3) is 0 Å². The summed E-state index contributed by atoms with van der Waals surface area (Å²) in [6.45, 7) is 2.17. The van der Waals surface area contributed by atoms with Gasteiger partial charge in [0.2, 0.25) is 0 Å². The average molecular weight is 299 g/mol. The van der Waals surface area contributed by atoms with Crippen LogP contribution in [0.15, 0.2) is 0 Å². The third-order valence-corrected chi connectivity index (χ3v) is 1.73. The van der Waals surface area contributed by atoms with Crippen LogP contribution in [0.5, 0.6) is 0 Å². The first kappa shape index (κ1) is 25.2. The number of nitrogens with one attached hydrogen (secondary N) is 2. The summed E-state index contributed by atoms with van der Waals surface area (Å²) in [7, 11) is 5.61. The second-order valence-corrected chi connectivity index (χ2v) is 3.19. The van der Waals surface area contributed by atoms with Crippen LogP contribution in [0.4, 0.5) is 0 Å². The Morgan fingerprint density at radius 3 is 2.12 bits per heavy atom. The third kappa shape index (κ3) is 14.2. The van der Waals surface area contributed by atoms with Gasteiger partial charge in [0.1, 0.15) is 6.04 Å². The van der Waals surface area contributed by atoms with Crippen molar-refractivity contribution >= 4 is 43.2 Å². The Morgan fingerprint density at radius 2 is 1.81 bits per heavy atom.